The Balaban J connectivity index is 2.94. The lowest BCUT2D eigenvalue weighted by Gasteiger charge is -2.25. The fourth-order valence-electron chi connectivity index (χ4n) is 1.44. The number of anilines is 1. The summed E-state index contributed by atoms with van der Waals surface area (Å²) in [6, 6.07) is 0.113. The van der Waals surface area contributed by atoms with E-state index in [0.29, 0.717) is 6.07 Å². The zero-order valence-corrected chi connectivity index (χ0v) is 10.8. The van der Waals surface area contributed by atoms with Crippen LogP contribution in [0.1, 0.15) is 13.8 Å². The number of urea groups is 1. The number of hydrogen-bond donors (Lipinski definition) is 2. The number of carbonyl (C=O) groups is 2. The molecular formula is C12H13F3N2O3. The Hall–Kier alpha value is -2.25. The summed E-state index contributed by atoms with van der Waals surface area (Å²) in [5.41, 5.74) is -0.565. The summed E-state index contributed by atoms with van der Waals surface area (Å²) < 4.78 is 39.1. The second kappa shape index (κ2) is 6.27. The molecule has 0 saturated heterocycles. The van der Waals surface area contributed by atoms with E-state index in [1.807, 2.05) is 5.32 Å². The van der Waals surface area contributed by atoms with Crippen LogP contribution in [0.5, 0.6) is 0 Å². The molecule has 0 aliphatic rings. The van der Waals surface area contributed by atoms with Gasteiger partial charge in [-0.2, -0.15) is 0 Å². The van der Waals surface area contributed by atoms with Crippen molar-refractivity contribution in [2.24, 2.45) is 0 Å². The molecule has 2 amide bonds. The van der Waals surface area contributed by atoms with Crippen molar-refractivity contribution < 1.29 is 27.9 Å². The summed E-state index contributed by atoms with van der Waals surface area (Å²) >= 11 is 0. The molecule has 0 heterocycles. The zero-order valence-electron chi connectivity index (χ0n) is 10.8. The molecule has 20 heavy (non-hydrogen) atoms. The van der Waals surface area contributed by atoms with E-state index in [4.69, 9.17) is 5.11 Å². The maximum atomic E-state index is 13.4. The van der Waals surface area contributed by atoms with E-state index in [2.05, 4.69) is 0 Å². The topological polar surface area (TPSA) is 69.6 Å². The second-order valence-corrected chi connectivity index (χ2v) is 4.27. The molecule has 2 N–H and O–H groups in total. The predicted octanol–water partition coefficient (Wildman–Crippen LogP) is 2.43. The highest BCUT2D eigenvalue weighted by atomic mass is 19.2. The second-order valence-electron chi connectivity index (χ2n) is 4.27. The highest BCUT2D eigenvalue weighted by Gasteiger charge is 2.22. The van der Waals surface area contributed by atoms with Crippen LogP contribution in [0.15, 0.2) is 12.1 Å². The summed E-state index contributed by atoms with van der Waals surface area (Å²) in [6.07, 6.45) is 0. The minimum atomic E-state index is -1.71. The third-order valence-electron chi connectivity index (χ3n) is 2.47. The number of amides is 2. The lowest BCUT2D eigenvalue weighted by molar-refractivity contribution is -0.137. The standard InChI is InChI=1S/C12H13F3N2O3/c1-6(2)17(5-9(18)19)12(20)16-8-4-3-7(13)10(14)11(8)15/h3-4,6H,5H2,1-2H3,(H,16,20)(H,18,19). The lowest BCUT2D eigenvalue weighted by atomic mass is 10.2. The molecular weight excluding hydrogens is 277 g/mol. The number of benzene rings is 1. The lowest BCUT2D eigenvalue weighted by Crippen LogP contribution is -2.43. The highest BCUT2D eigenvalue weighted by Crippen LogP contribution is 2.20. The van der Waals surface area contributed by atoms with Crippen LogP contribution in [0, 0.1) is 17.5 Å². The van der Waals surface area contributed by atoms with E-state index in [1.165, 1.54) is 0 Å². The van der Waals surface area contributed by atoms with Gasteiger partial charge in [-0.1, -0.05) is 0 Å². The molecule has 0 spiro atoms. The Morgan fingerprint density at radius 2 is 1.85 bits per heavy atom. The normalized spacial score (nSPS) is 10.5. The molecule has 110 valence electrons. The number of carboxylic acid groups (broad SMARTS) is 1. The largest absolute Gasteiger partial charge is 0.480 e. The van der Waals surface area contributed by atoms with Crippen molar-refractivity contribution in [3.8, 4) is 0 Å². The van der Waals surface area contributed by atoms with E-state index < -0.39 is 47.7 Å². The Morgan fingerprint density at radius 1 is 1.25 bits per heavy atom. The Kier molecular flexibility index (Phi) is 4.95. The van der Waals surface area contributed by atoms with Gasteiger partial charge in [0.25, 0.3) is 0 Å². The highest BCUT2D eigenvalue weighted by molar-refractivity contribution is 5.91. The van der Waals surface area contributed by atoms with E-state index in [-0.39, 0.29) is 0 Å². The van der Waals surface area contributed by atoms with Crippen molar-refractivity contribution in [1.82, 2.24) is 4.90 Å². The first kappa shape index (κ1) is 15.8. The molecule has 0 atom stereocenters. The van der Waals surface area contributed by atoms with Crippen LogP contribution in [0.3, 0.4) is 0 Å². The van der Waals surface area contributed by atoms with Gasteiger partial charge >= 0.3 is 12.0 Å². The van der Waals surface area contributed by atoms with Crippen molar-refractivity contribution in [3.63, 3.8) is 0 Å². The molecule has 0 fully saturated rings. The molecule has 0 aliphatic carbocycles. The number of nitrogens with zero attached hydrogens (tertiary/aromatic N) is 1. The Bertz CT molecular complexity index is 535. The fraction of sp³-hybridized carbons (Fsp3) is 0.333. The van der Waals surface area contributed by atoms with Crippen LogP contribution < -0.4 is 5.32 Å². The smallest absolute Gasteiger partial charge is 0.323 e. The SMILES string of the molecule is CC(C)N(CC(=O)O)C(=O)Nc1ccc(F)c(F)c1F. The summed E-state index contributed by atoms with van der Waals surface area (Å²) in [4.78, 5) is 23.3. The molecule has 0 unspecified atom stereocenters. The number of carboxylic acids is 1. The van der Waals surface area contributed by atoms with Gasteiger partial charge in [-0.3, -0.25) is 4.79 Å². The minimum absolute atomic E-state index is 0.473. The maximum Gasteiger partial charge on any atom is 0.323 e. The summed E-state index contributed by atoms with van der Waals surface area (Å²) in [6.45, 7) is 2.52. The predicted molar refractivity (Wildman–Crippen MR) is 64.8 cm³/mol. The molecule has 0 aliphatic heterocycles. The molecule has 0 saturated carbocycles. The van der Waals surface area contributed by atoms with E-state index >= 15 is 0 Å². The fourth-order valence-corrected chi connectivity index (χ4v) is 1.44. The Morgan fingerprint density at radius 3 is 2.35 bits per heavy atom. The number of carbonyl (C=O) groups excluding carboxylic acids is 1. The first-order valence-corrected chi connectivity index (χ1v) is 5.67. The van der Waals surface area contributed by atoms with Gasteiger partial charge in [0.05, 0.1) is 5.69 Å². The van der Waals surface area contributed by atoms with Crippen LogP contribution >= 0.6 is 0 Å². The first-order valence-electron chi connectivity index (χ1n) is 5.67. The molecule has 0 radical (unpaired) electrons. The average Bonchev–Trinajstić information content (AvgIpc) is 2.36. The number of hydrogen-bond acceptors (Lipinski definition) is 2. The molecule has 1 aromatic carbocycles. The van der Waals surface area contributed by atoms with Crippen LogP contribution in [-0.4, -0.2) is 34.6 Å². The van der Waals surface area contributed by atoms with Gasteiger partial charge in [0.1, 0.15) is 6.54 Å². The number of rotatable bonds is 4. The molecule has 0 aromatic heterocycles. The molecule has 8 heteroatoms. The monoisotopic (exact) mass is 290 g/mol. The van der Waals surface area contributed by atoms with Gasteiger partial charge in [-0.05, 0) is 26.0 Å². The van der Waals surface area contributed by atoms with Gasteiger partial charge < -0.3 is 15.3 Å². The molecule has 0 bridgehead atoms. The van der Waals surface area contributed by atoms with E-state index in [1.54, 1.807) is 13.8 Å². The van der Waals surface area contributed by atoms with Crippen molar-refractivity contribution in [2.75, 3.05) is 11.9 Å². The van der Waals surface area contributed by atoms with Gasteiger partial charge in [-0.25, -0.2) is 18.0 Å². The number of aliphatic carboxylic acids is 1. The van der Waals surface area contributed by atoms with Crippen molar-refractivity contribution in [1.29, 1.82) is 0 Å². The quantitative estimate of drug-likeness (QED) is 0.837. The van der Waals surface area contributed by atoms with Crippen LogP contribution in [0.2, 0.25) is 0 Å². The maximum absolute atomic E-state index is 13.4. The average molecular weight is 290 g/mol. The molecule has 5 nitrogen and oxygen atoms in total. The first-order chi connectivity index (χ1) is 9.23. The van der Waals surface area contributed by atoms with Gasteiger partial charge in [0.15, 0.2) is 17.5 Å². The number of halogens is 3. The zero-order chi connectivity index (χ0) is 15.4. The van der Waals surface area contributed by atoms with Crippen molar-refractivity contribution in [3.05, 3.63) is 29.6 Å². The van der Waals surface area contributed by atoms with E-state index in [9.17, 15) is 22.8 Å². The Labute approximate surface area is 113 Å². The minimum Gasteiger partial charge on any atom is -0.480 e. The van der Waals surface area contributed by atoms with Gasteiger partial charge in [-0.15, -0.1) is 0 Å². The number of nitrogens with one attached hydrogen (secondary N) is 1. The van der Waals surface area contributed by atoms with E-state index in [0.717, 1.165) is 11.0 Å². The van der Waals surface area contributed by atoms with Crippen molar-refractivity contribution >= 4 is 17.7 Å². The summed E-state index contributed by atoms with van der Waals surface area (Å²) in [5.74, 6) is -5.89. The van der Waals surface area contributed by atoms with Gasteiger partial charge in [0, 0.05) is 6.04 Å². The van der Waals surface area contributed by atoms with Crippen molar-refractivity contribution in [2.45, 2.75) is 19.9 Å². The van der Waals surface area contributed by atoms with Crippen LogP contribution in [0.4, 0.5) is 23.7 Å². The molecule has 1 rings (SSSR count). The molecule has 1 aromatic rings. The third kappa shape index (κ3) is 3.62. The summed E-state index contributed by atoms with van der Waals surface area (Å²) in [7, 11) is 0. The van der Waals surface area contributed by atoms with Crippen LogP contribution in [-0.2, 0) is 4.79 Å². The third-order valence-corrected chi connectivity index (χ3v) is 2.47. The van der Waals surface area contributed by atoms with Gasteiger partial charge in [0.2, 0.25) is 0 Å². The van der Waals surface area contributed by atoms with Crippen LogP contribution in [0.25, 0.3) is 0 Å². The summed E-state index contributed by atoms with van der Waals surface area (Å²) in [5, 5.41) is 10.7.